The quantitative estimate of drug-likeness (QED) is 0.850. The van der Waals surface area contributed by atoms with Crippen molar-refractivity contribution in [1.29, 1.82) is 0 Å². The lowest BCUT2D eigenvalue weighted by Crippen LogP contribution is -2.30. The van der Waals surface area contributed by atoms with Crippen LogP contribution in [0, 0.1) is 13.8 Å². The number of ether oxygens (including phenoxy) is 2. The fraction of sp³-hybridized carbons (Fsp3) is 0.353. The molecule has 24 heavy (non-hydrogen) atoms. The van der Waals surface area contributed by atoms with Gasteiger partial charge < -0.3 is 14.8 Å². The first-order valence-corrected chi connectivity index (χ1v) is 7.49. The minimum absolute atomic E-state index is 0.351. The van der Waals surface area contributed by atoms with Crippen molar-refractivity contribution in [3.63, 3.8) is 0 Å². The lowest BCUT2D eigenvalue weighted by atomic mass is 10.2. The van der Waals surface area contributed by atoms with Crippen LogP contribution in [-0.4, -0.2) is 34.9 Å². The zero-order chi connectivity index (χ0) is 17.9. The van der Waals surface area contributed by atoms with Crippen molar-refractivity contribution in [3.05, 3.63) is 41.2 Å². The average molecular weight is 331 g/mol. The van der Waals surface area contributed by atoms with E-state index in [2.05, 4.69) is 10.4 Å². The molecule has 0 fully saturated rings. The zero-order valence-corrected chi connectivity index (χ0v) is 14.4. The predicted molar refractivity (Wildman–Crippen MR) is 89.2 cm³/mol. The summed E-state index contributed by atoms with van der Waals surface area (Å²) in [5, 5.41) is 6.98. The van der Waals surface area contributed by atoms with Crippen molar-refractivity contribution in [2.75, 3.05) is 12.4 Å². The Bertz CT molecular complexity index is 750. The first kappa shape index (κ1) is 17.5. The third-order valence-corrected chi connectivity index (χ3v) is 3.74. The number of hydrogen-bond acceptors (Lipinski definition) is 5. The van der Waals surface area contributed by atoms with Crippen LogP contribution in [0.4, 0.5) is 5.69 Å². The van der Waals surface area contributed by atoms with Crippen molar-refractivity contribution >= 4 is 17.6 Å². The molecule has 2 rings (SSSR count). The molecule has 0 aliphatic carbocycles. The number of hydrogen-bond donors (Lipinski definition) is 1. The van der Waals surface area contributed by atoms with Crippen LogP contribution in [0.5, 0.6) is 5.75 Å². The molecule has 7 heteroatoms. The summed E-state index contributed by atoms with van der Waals surface area (Å²) in [4.78, 5) is 24.3. The fourth-order valence-electron chi connectivity index (χ4n) is 2.19. The number of rotatable bonds is 5. The van der Waals surface area contributed by atoms with Crippen LogP contribution in [0.1, 0.15) is 28.7 Å². The van der Waals surface area contributed by atoms with Gasteiger partial charge in [-0.2, -0.15) is 5.10 Å². The Kier molecular flexibility index (Phi) is 5.23. The molecule has 1 aromatic carbocycles. The highest BCUT2D eigenvalue weighted by Gasteiger charge is 2.21. The highest BCUT2D eigenvalue weighted by atomic mass is 16.5. The SMILES string of the molecule is COc1ccc(C(=O)O[C@@H](C)C(=O)Nc2c(C)nn(C)c2C)cc1. The van der Waals surface area contributed by atoms with Gasteiger partial charge in [0.25, 0.3) is 5.91 Å². The topological polar surface area (TPSA) is 82.4 Å². The van der Waals surface area contributed by atoms with Gasteiger partial charge in [0.05, 0.1) is 29.7 Å². The number of aromatic nitrogens is 2. The van der Waals surface area contributed by atoms with Crippen molar-refractivity contribution in [2.45, 2.75) is 26.9 Å². The molecule has 0 radical (unpaired) electrons. The second-order valence-corrected chi connectivity index (χ2v) is 5.43. The fourth-order valence-corrected chi connectivity index (χ4v) is 2.19. The first-order valence-electron chi connectivity index (χ1n) is 7.49. The Balaban J connectivity index is 2.01. The van der Waals surface area contributed by atoms with Crippen molar-refractivity contribution < 1.29 is 19.1 Å². The third kappa shape index (κ3) is 3.73. The number of anilines is 1. The molecule has 1 amide bonds. The van der Waals surface area contributed by atoms with Gasteiger partial charge in [0, 0.05) is 7.05 Å². The van der Waals surface area contributed by atoms with Crippen LogP contribution in [0.15, 0.2) is 24.3 Å². The Labute approximate surface area is 140 Å². The van der Waals surface area contributed by atoms with E-state index >= 15 is 0 Å². The lowest BCUT2D eigenvalue weighted by molar-refractivity contribution is -0.123. The minimum Gasteiger partial charge on any atom is -0.497 e. The summed E-state index contributed by atoms with van der Waals surface area (Å²) in [6.07, 6.45) is -0.932. The number of carbonyl (C=O) groups excluding carboxylic acids is 2. The zero-order valence-electron chi connectivity index (χ0n) is 14.4. The van der Waals surface area contributed by atoms with Gasteiger partial charge in [-0.15, -0.1) is 0 Å². The van der Waals surface area contributed by atoms with Crippen LogP contribution in [0.25, 0.3) is 0 Å². The van der Waals surface area contributed by atoms with Crippen LogP contribution < -0.4 is 10.1 Å². The monoisotopic (exact) mass is 331 g/mol. The van der Waals surface area contributed by atoms with Crippen LogP contribution >= 0.6 is 0 Å². The molecule has 0 bridgehead atoms. The Morgan fingerprint density at radius 2 is 1.83 bits per heavy atom. The maximum absolute atomic E-state index is 12.2. The summed E-state index contributed by atoms with van der Waals surface area (Å²) in [7, 11) is 3.34. The molecule has 2 aromatic rings. The summed E-state index contributed by atoms with van der Waals surface area (Å²) < 4.78 is 11.9. The van der Waals surface area contributed by atoms with E-state index in [0.717, 1.165) is 5.69 Å². The molecular formula is C17H21N3O4. The van der Waals surface area contributed by atoms with E-state index in [4.69, 9.17) is 9.47 Å². The summed E-state index contributed by atoms with van der Waals surface area (Å²) in [6, 6.07) is 6.48. The first-order chi connectivity index (χ1) is 11.3. The highest BCUT2D eigenvalue weighted by molar-refractivity contribution is 5.98. The summed E-state index contributed by atoms with van der Waals surface area (Å²) in [6.45, 7) is 5.18. The number of carbonyl (C=O) groups is 2. The molecule has 0 aliphatic rings. The molecular weight excluding hydrogens is 310 g/mol. The van der Waals surface area contributed by atoms with Crippen molar-refractivity contribution in [3.8, 4) is 5.75 Å². The molecule has 1 N–H and O–H groups in total. The lowest BCUT2D eigenvalue weighted by Gasteiger charge is -2.14. The van der Waals surface area contributed by atoms with E-state index in [1.165, 1.54) is 6.92 Å². The molecule has 1 heterocycles. The smallest absolute Gasteiger partial charge is 0.338 e. The maximum Gasteiger partial charge on any atom is 0.338 e. The number of amides is 1. The van der Waals surface area contributed by atoms with E-state index in [9.17, 15) is 9.59 Å². The highest BCUT2D eigenvalue weighted by Crippen LogP contribution is 2.19. The summed E-state index contributed by atoms with van der Waals surface area (Å²) in [5.41, 5.74) is 2.52. The molecule has 0 unspecified atom stereocenters. The minimum atomic E-state index is -0.932. The van der Waals surface area contributed by atoms with Crippen molar-refractivity contribution in [1.82, 2.24) is 9.78 Å². The second-order valence-electron chi connectivity index (χ2n) is 5.43. The summed E-state index contributed by atoms with van der Waals surface area (Å²) >= 11 is 0. The van der Waals surface area contributed by atoms with Gasteiger partial charge in [-0.3, -0.25) is 9.48 Å². The van der Waals surface area contributed by atoms with Gasteiger partial charge >= 0.3 is 5.97 Å². The summed E-state index contributed by atoms with van der Waals surface area (Å²) in [5.74, 6) is -0.337. The van der Waals surface area contributed by atoms with Crippen LogP contribution in [0.3, 0.4) is 0 Å². The maximum atomic E-state index is 12.2. The molecule has 0 aliphatic heterocycles. The number of methoxy groups -OCH3 is 1. The van der Waals surface area contributed by atoms with Crippen LogP contribution in [0.2, 0.25) is 0 Å². The third-order valence-electron chi connectivity index (χ3n) is 3.74. The standard InChI is InChI=1S/C17H21N3O4/c1-10-15(11(2)20(4)19-10)18-16(21)12(3)24-17(22)13-6-8-14(23-5)9-7-13/h6-9,12H,1-5H3,(H,18,21)/t12-/m0/s1. The van der Waals surface area contributed by atoms with Gasteiger partial charge in [0.15, 0.2) is 6.10 Å². The van der Waals surface area contributed by atoms with E-state index in [-0.39, 0.29) is 0 Å². The molecule has 1 aromatic heterocycles. The molecule has 128 valence electrons. The molecule has 0 saturated heterocycles. The van der Waals surface area contributed by atoms with Gasteiger partial charge in [-0.05, 0) is 45.0 Å². The van der Waals surface area contributed by atoms with Gasteiger partial charge in [0.1, 0.15) is 5.75 Å². The van der Waals surface area contributed by atoms with E-state index in [0.29, 0.717) is 22.7 Å². The van der Waals surface area contributed by atoms with E-state index < -0.39 is 18.0 Å². The predicted octanol–water partition coefficient (Wildman–Crippen LogP) is 2.23. The second kappa shape index (κ2) is 7.16. The van der Waals surface area contributed by atoms with E-state index in [1.807, 2.05) is 6.92 Å². The number of benzene rings is 1. The van der Waals surface area contributed by atoms with Crippen LogP contribution in [-0.2, 0) is 16.6 Å². The number of nitrogens with zero attached hydrogens (tertiary/aromatic N) is 2. The number of esters is 1. The molecule has 0 spiro atoms. The molecule has 1 atom stereocenters. The normalized spacial score (nSPS) is 11.7. The number of nitrogens with one attached hydrogen (secondary N) is 1. The molecule has 7 nitrogen and oxygen atoms in total. The average Bonchev–Trinajstić information content (AvgIpc) is 2.81. The largest absolute Gasteiger partial charge is 0.497 e. The van der Waals surface area contributed by atoms with Gasteiger partial charge in [0.2, 0.25) is 0 Å². The molecule has 0 saturated carbocycles. The Morgan fingerprint density at radius 3 is 2.33 bits per heavy atom. The Morgan fingerprint density at radius 1 is 1.21 bits per heavy atom. The van der Waals surface area contributed by atoms with Gasteiger partial charge in [-0.1, -0.05) is 0 Å². The van der Waals surface area contributed by atoms with Crippen molar-refractivity contribution in [2.24, 2.45) is 7.05 Å². The number of aryl methyl sites for hydroxylation is 2. The van der Waals surface area contributed by atoms with E-state index in [1.54, 1.807) is 50.0 Å². The Hall–Kier alpha value is -2.83. The van der Waals surface area contributed by atoms with Gasteiger partial charge in [-0.25, -0.2) is 4.79 Å².